The monoisotopic (exact) mass is 194 g/mol. The summed E-state index contributed by atoms with van der Waals surface area (Å²) in [4.78, 5) is 22.9. The molecule has 0 bridgehead atoms. The fourth-order valence-electron chi connectivity index (χ4n) is 2.37. The van der Waals surface area contributed by atoms with Gasteiger partial charge in [0.1, 0.15) is 0 Å². The summed E-state index contributed by atoms with van der Waals surface area (Å²) in [5.74, 6) is -0.942. The number of fused-ring (bicyclic) bond motifs is 1. The minimum Gasteiger partial charge on any atom is -0.392 e. The van der Waals surface area contributed by atoms with Crippen molar-refractivity contribution in [3.63, 3.8) is 0 Å². The lowest BCUT2D eigenvalue weighted by Crippen LogP contribution is -2.34. The first kappa shape index (κ1) is 9.44. The maximum absolute atomic E-state index is 11.5. The summed E-state index contributed by atoms with van der Waals surface area (Å²) >= 11 is 0. The van der Waals surface area contributed by atoms with E-state index in [9.17, 15) is 9.59 Å². The molecule has 0 N–H and O–H groups in total. The average molecular weight is 194 g/mol. The fraction of sp³-hybridized carbons (Fsp3) is 0.636. The van der Waals surface area contributed by atoms with E-state index in [1.165, 1.54) is 11.1 Å². The number of carbonyl (C=O) groups excluding carboxylic acids is 2. The van der Waals surface area contributed by atoms with E-state index in [0.29, 0.717) is 12.8 Å². The van der Waals surface area contributed by atoms with Crippen molar-refractivity contribution in [3.8, 4) is 0 Å². The molecule has 0 aromatic carbocycles. The normalized spacial score (nSPS) is 37.2. The largest absolute Gasteiger partial charge is 0.392 e. The van der Waals surface area contributed by atoms with Crippen molar-refractivity contribution in [3.05, 3.63) is 11.1 Å². The highest BCUT2D eigenvalue weighted by Crippen LogP contribution is 2.48. The van der Waals surface area contributed by atoms with Gasteiger partial charge in [-0.25, -0.2) is 0 Å². The van der Waals surface area contributed by atoms with Gasteiger partial charge in [-0.1, -0.05) is 11.1 Å². The summed E-state index contributed by atoms with van der Waals surface area (Å²) in [7, 11) is 0. The summed E-state index contributed by atoms with van der Waals surface area (Å²) in [6.45, 7) is 5.87. The van der Waals surface area contributed by atoms with Gasteiger partial charge in [0, 0.05) is 0 Å². The van der Waals surface area contributed by atoms with E-state index in [1.54, 1.807) is 0 Å². The molecular formula is C11H14O3. The highest BCUT2D eigenvalue weighted by atomic mass is 16.6. The van der Waals surface area contributed by atoms with Crippen molar-refractivity contribution in [1.29, 1.82) is 0 Å². The zero-order valence-corrected chi connectivity index (χ0v) is 8.72. The summed E-state index contributed by atoms with van der Waals surface area (Å²) < 4.78 is 4.70. The maximum Gasteiger partial charge on any atom is 0.320 e. The van der Waals surface area contributed by atoms with Gasteiger partial charge in [-0.15, -0.1) is 0 Å². The van der Waals surface area contributed by atoms with Gasteiger partial charge >= 0.3 is 11.9 Å². The molecule has 2 atom stereocenters. The lowest BCUT2D eigenvalue weighted by molar-refractivity contribution is -0.155. The zero-order valence-electron chi connectivity index (χ0n) is 8.72. The molecule has 76 valence electrons. The Kier molecular flexibility index (Phi) is 1.81. The summed E-state index contributed by atoms with van der Waals surface area (Å²) in [5.41, 5.74) is 1.84. The van der Waals surface area contributed by atoms with Gasteiger partial charge in [-0.05, 0) is 33.6 Å². The molecule has 0 aromatic heterocycles. The van der Waals surface area contributed by atoms with Crippen LogP contribution in [0.5, 0.6) is 0 Å². The molecular weight excluding hydrogens is 180 g/mol. The number of esters is 2. The summed E-state index contributed by atoms with van der Waals surface area (Å²) in [5, 5.41) is 0. The summed E-state index contributed by atoms with van der Waals surface area (Å²) in [6.07, 6.45) is 1.33. The van der Waals surface area contributed by atoms with Crippen molar-refractivity contribution in [2.24, 2.45) is 11.3 Å². The summed E-state index contributed by atoms with van der Waals surface area (Å²) in [6, 6.07) is 0. The van der Waals surface area contributed by atoms with Gasteiger partial charge in [0.05, 0.1) is 11.3 Å². The Morgan fingerprint density at radius 1 is 1.29 bits per heavy atom. The van der Waals surface area contributed by atoms with Crippen LogP contribution in [0, 0.1) is 11.3 Å². The second-order valence-electron chi connectivity index (χ2n) is 4.62. The molecule has 0 aromatic rings. The Labute approximate surface area is 83.1 Å². The van der Waals surface area contributed by atoms with Crippen LogP contribution in [0.4, 0.5) is 0 Å². The molecule has 0 radical (unpaired) electrons. The third-order valence-corrected chi connectivity index (χ3v) is 3.58. The molecule has 1 fully saturated rings. The second-order valence-corrected chi connectivity index (χ2v) is 4.62. The first-order valence-corrected chi connectivity index (χ1v) is 4.86. The number of hydrogen-bond donors (Lipinski definition) is 0. The lowest BCUT2D eigenvalue weighted by atomic mass is 9.67. The predicted octanol–water partition coefficient (Wildman–Crippen LogP) is 1.82. The SMILES string of the molecule is CC1=C(C)C[C@@]2(C)C(=O)OC(=O)[C@H]2C1. The van der Waals surface area contributed by atoms with Gasteiger partial charge in [0.25, 0.3) is 0 Å². The van der Waals surface area contributed by atoms with E-state index in [4.69, 9.17) is 4.74 Å². The van der Waals surface area contributed by atoms with Crippen LogP contribution in [-0.4, -0.2) is 11.9 Å². The van der Waals surface area contributed by atoms with Crippen LogP contribution in [0.25, 0.3) is 0 Å². The highest BCUT2D eigenvalue weighted by Gasteiger charge is 2.55. The van der Waals surface area contributed by atoms with Gasteiger partial charge in [-0.2, -0.15) is 0 Å². The Hall–Kier alpha value is -1.12. The molecule has 0 amide bonds. The first-order valence-electron chi connectivity index (χ1n) is 4.86. The van der Waals surface area contributed by atoms with Gasteiger partial charge in [0.2, 0.25) is 0 Å². The van der Waals surface area contributed by atoms with E-state index in [0.717, 1.165) is 0 Å². The van der Waals surface area contributed by atoms with E-state index in [2.05, 4.69) is 0 Å². The van der Waals surface area contributed by atoms with Crippen molar-refractivity contribution in [1.82, 2.24) is 0 Å². The molecule has 1 heterocycles. The Morgan fingerprint density at radius 3 is 2.57 bits per heavy atom. The molecule has 0 saturated carbocycles. The van der Waals surface area contributed by atoms with E-state index in [1.807, 2.05) is 20.8 Å². The maximum atomic E-state index is 11.5. The number of cyclic esters (lactones) is 2. The average Bonchev–Trinajstić information content (AvgIpc) is 2.29. The standard InChI is InChI=1S/C11H14O3/c1-6-4-8-9(12)14-10(13)11(8,3)5-7(6)2/h8H,4-5H2,1-3H3/t8-,11-/m1/s1. The first-order chi connectivity index (χ1) is 6.45. The van der Waals surface area contributed by atoms with Crippen LogP contribution < -0.4 is 0 Å². The van der Waals surface area contributed by atoms with Crippen molar-refractivity contribution < 1.29 is 14.3 Å². The van der Waals surface area contributed by atoms with Crippen LogP contribution in [0.1, 0.15) is 33.6 Å². The lowest BCUT2D eigenvalue weighted by Gasteiger charge is -2.31. The van der Waals surface area contributed by atoms with Crippen LogP contribution in [0.15, 0.2) is 11.1 Å². The third kappa shape index (κ3) is 1.04. The number of carbonyl (C=O) groups is 2. The van der Waals surface area contributed by atoms with Crippen LogP contribution in [0.3, 0.4) is 0 Å². The Bertz CT molecular complexity index is 354. The van der Waals surface area contributed by atoms with Crippen molar-refractivity contribution in [2.75, 3.05) is 0 Å². The van der Waals surface area contributed by atoms with E-state index in [-0.39, 0.29) is 17.9 Å². The molecule has 14 heavy (non-hydrogen) atoms. The third-order valence-electron chi connectivity index (χ3n) is 3.58. The molecule has 3 heteroatoms. The molecule has 2 rings (SSSR count). The zero-order chi connectivity index (χ0) is 10.5. The molecule has 3 nitrogen and oxygen atoms in total. The number of hydrogen-bond acceptors (Lipinski definition) is 3. The molecule has 0 unspecified atom stereocenters. The van der Waals surface area contributed by atoms with Crippen LogP contribution in [0.2, 0.25) is 0 Å². The van der Waals surface area contributed by atoms with Gasteiger partial charge in [-0.3, -0.25) is 9.59 Å². The van der Waals surface area contributed by atoms with Crippen molar-refractivity contribution in [2.45, 2.75) is 33.6 Å². The molecule has 0 spiro atoms. The Morgan fingerprint density at radius 2 is 1.93 bits per heavy atom. The van der Waals surface area contributed by atoms with Gasteiger partial charge < -0.3 is 4.74 Å². The quantitative estimate of drug-likeness (QED) is 0.335. The highest BCUT2D eigenvalue weighted by molar-refractivity contribution is 5.99. The molecule has 1 aliphatic heterocycles. The van der Waals surface area contributed by atoms with Crippen molar-refractivity contribution >= 4 is 11.9 Å². The topological polar surface area (TPSA) is 43.4 Å². The number of ether oxygens (including phenoxy) is 1. The van der Waals surface area contributed by atoms with E-state index < -0.39 is 5.41 Å². The molecule has 1 saturated heterocycles. The molecule has 1 aliphatic carbocycles. The second kappa shape index (κ2) is 2.69. The molecule has 2 aliphatic rings. The minimum absolute atomic E-state index is 0.251. The number of allylic oxidation sites excluding steroid dienone is 2. The number of rotatable bonds is 0. The predicted molar refractivity (Wildman–Crippen MR) is 50.3 cm³/mol. The Balaban J connectivity index is 2.43. The van der Waals surface area contributed by atoms with Crippen LogP contribution >= 0.6 is 0 Å². The van der Waals surface area contributed by atoms with Gasteiger partial charge in [0.15, 0.2) is 0 Å². The van der Waals surface area contributed by atoms with Crippen LogP contribution in [-0.2, 0) is 14.3 Å². The minimum atomic E-state index is -0.597. The fourth-order valence-corrected chi connectivity index (χ4v) is 2.37. The van der Waals surface area contributed by atoms with E-state index >= 15 is 0 Å². The smallest absolute Gasteiger partial charge is 0.320 e.